The Hall–Kier alpha value is -3.35. The van der Waals surface area contributed by atoms with Gasteiger partial charge in [0.2, 0.25) is 6.79 Å². The fourth-order valence-electron chi connectivity index (χ4n) is 2.47. The van der Waals surface area contributed by atoms with E-state index in [1.807, 2.05) is 30.3 Å². The minimum absolute atomic E-state index is 0.183. The second-order valence-electron chi connectivity index (χ2n) is 5.22. The molecule has 1 aliphatic heterocycles. The summed E-state index contributed by atoms with van der Waals surface area (Å²) < 4.78 is 12.2. The maximum absolute atomic E-state index is 12.3. The van der Waals surface area contributed by atoms with E-state index in [1.54, 1.807) is 29.1 Å². The molecule has 1 N–H and O–H groups in total. The number of aromatic nitrogens is 3. The maximum atomic E-state index is 12.3. The zero-order chi connectivity index (χ0) is 16.4. The SMILES string of the molecule is O=C(NCc1cnnn1-c1ccccc1)c1ccc2c(c1)OCO2. The van der Waals surface area contributed by atoms with Crippen molar-refractivity contribution in [1.82, 2.24) is 20.3 Å². The fraction of sp³-hybridized carbons (Fsp3) is 0.118. The molecule has 24 heavy (non-hydrogen) atoms. The summed E-state index contributed by atoms with van der Waals surface area (Å²) in [6.45, 7) is 0.498. The summed E-state index contributed by atoms with van der Waals surface area (Å²) in [6.07, 6.45) is 1.63. The van der Waals surface area contributed by atoms with E-state index in [2.05, 4.69) is 15.6 Å². The highest BCUT2D eigenvalue weighted by atomic mass is 16.7. The summed E-state index contributed by atoms with van der Waals surface area (Å²) in [7, 11) is 0. The third kappa shape index (κ3) is 2.67. The number of nitrogens with one attached hydrogen (secondary N) is 1. The average molecular weight is 322 g/mol. The van der Waals surface area contributed by atoms with Gasteiger partial charge in [0.1, 0.15) is 0 Å². The number of carbonyl (C=O) groups is 1. The predicted octanol–water partition coefficient (Wildman–Crippen LogP) is 1.93. The minimum atomic E-state index is -0.200. The van der Waals surface area contributed by atoms with Crippen molar-refractivity contribution in [2.24, 2.45) is 0 Å². The summed E-state index contributed by atoms with van der Waals surface area (Å²) in [5.41, 5.74) is 2.19. The van der Waals surface area contributed by atoms with Gasteiger partial charge in [-0.05, 0) is 30.3 Å². The molecule has 0 unspecified atom stereocenters. The van der Waals surface area contributed by atoms with Crippen LogP contribution in [0.4, 0.5) is 0 Å². The molecule has 0 atom stereocenters. The molecule has 2 heterocycles. The van der Waals surface area contributed by atoms with Gasteiger partial charge >= 0.3 is 0 Å². The highest BCUT2D eigenvalue weighted by Gasteiger charge is 2.16. The molecule has 0 saturated heterocycles. The van der Waals surface area contributed by atoms with Crippen molar-refractivity contribution in [2.75, 3.05) is 6.79 Å². The van der Waals surface area contributed by atoms with E-state index < -0.39 is 0 Å². The second kappa shape index (κ2) is 6.04. The molecule has 7 nitrogen and oxygen atoms in total. The summed E-state index contributed by atoms with van der Waals surface area (Å²) in [5.74, 6) is 1.03. The van der Waals surface area contributed by atoms with Crippen molar-refractivity contribution >= 4 is 5.91 Å². The van der Waals surface area contributed by atoms with Gasteiger partial charge in [0.05, 0.1) is 24.1 Å². The van der Waals surface area contributed by atoms with Gasteiger partial charge in [-0.1, -0.05) is 23.4 Å². The fourth-order valence-corrected chi connectivity index (χ4v) is 2.47. The van der Waals surface area contributed by atoms with E-state index in [0.29, 0.717) is 23.6 Å². The number of para-hydroxylation sites is 1. The second-order valence-corrected chi connectivity index (χ2v) is 5.22. The van der Waals surface area contributed by atoms with Gasteiger partial charge in [-0.3, -0.25) is 4.79 Å². The Labute approximate surface area is 137 Å². The van der Waals surface area contributed by atoms with Crippen LogP contribution in [0, 0.1) is 0 Å². The molecule has 4 rings (SSSR count). The Bertz CT molecular complexity index is 877. The van der Waals surface area contributed by atoms with E-state index >= 15 is 0 Å². The molecule has 1 amide bonds. The van der Waals surface area contributed by atoms with Gasteiger partial charge in [0.15, 0.2) is 11.5 Å². The van der Waals surface area contributed by atoms with Crippen molar-refractivity contribution < 1.29 is 14.3 Å². The molecule has 0 saturated carbocycles. The molecule has 1 aliphatic rings. The van der Waals surface area contributed by atoms with E-state index in [0.717, 1.165) is 11.4 Å². The van der Waals surface area contributed by atoms with Crippen molar-refractivity contribution in [1.29, 1.82) is 0 Å². The average Bonchev–Trinajstić information content (AvgIpc) is 3.28. The summed E-state index contributed by atoms with van der Waals surface area (Å²) in [4.78, 5) is 12.3. The molecule has 0 fully saturated rings. The number of ether oxygens (including phenoxy) is 2. The van der Waals surface area contributed by atoms with Gasteiger partial charge in [-0.15, -0.1) is 5.10 Å². The number of fused-ring (bicyclic) bond motifs is 1. The molecule has 120 valence electrons. The lowest BCUT2D eigenvalue weighted by atomic mass is 10.2. The smallest absolute Gasteiger partial charge is 0.251 e. The Morgan fingerprint density at radius 2 is 1.96 bits per heavy atom. The largest absolute Gasteiger partial charge is 0.454 e. The van der Waals surface area contributed by atoms with Crippen LogP contribution in [-0.4, -0.2) is 27.7 Å². The van der Waals surface area contributed by atoms with Crippen molar-refractivity contribution in [3.63, 3.8) is 0 Å². The number of benzene rings is 2. The Kier molecular flexibility index (Phi) is 3.59. The Morgan fingerprint density at radius 1 is 1.12 bits per heavy atom. The summed E-state index contributed by atoms with van der Waals surface area (Å²) in [6, 6.07) is 14.7. The molecule has 0 bridgehead atoms. The van der Waals surface area contributed by atoms with E-state index in [-0.39, 0.29) is 12.7 Å². The number of amides is 1. The quantitative estimate of drug-likeness (QED) is 0.794. The van der Waals surface area contributed by atoms with Gasteiger partial charge in [-0.2, -0.15) is 0 Å². The molecule has 0 aliphatic carbocycles. The van der Waals surface area contributed by atoms with Crippen LogP contribution in [0.3, 0.4) is 0 Å². The van der Waals surface area contributed by atoms with E-state index in [4.69, 9.17) is 9.47 Å². The zero-order valence-electron chi connectivity index (χ0n) is 12.7. The first-order valence-electron chi connectivity index (χ1n) is 7.44. The molecular formula is C17H14N4O3. The zero-order valence-corrected chi connectivity index (χ0v) is 12.7. The van der Waals surface area contributed by atoms with E-state index in [1.165, 1.54) is 0 Å². The van der Waals surface area contributed by atoms with Crippen LogP contribution in [0.5, 0.6) is 11.5 Å². The van der Waals surface area contributed by atoms with Crippen LogP contribution in [0.25, 0.3) is 5.69 Å². The predicted molar refractivity (Wildman–Crippen MR) is 85.1 cm³/mol. The third-order valence-corrected chi connectivity index (χ3v) is 3.69. The normalized spacial score (nSPS) is 12.2. The summed E-state index contributed by atoms with van der Waals surface area (Å²) in [5, 5.41) is 10.9. The standard InChI is InChI=1S/C17H14N4O3/c22-17(12-6-7-15-16(8-12)24-11-23-15)18-9-14-10-19-20-21(14)13-4-2-1-3-5-13/h1-8,10H,9,11H2,(H,18,22). The Morgan fingerprint density at radius 3 is 2.83 bits per heavy atom. The highest BCUT2D eigenvalue weighted by Crippen LogP contribution is 2.32. The third-order valence-electron chi connectivity index (χ3n) is 3.69. The van der Waals surface area contributed by atoms with Crippen LogP contribution < -0.4 is 14.8 Å². The number of rotatable bonds is 4. The minimum Gasteiger partial charge on any atom is -0.454 e. The molecule has 0 radical (unpaired) electrons. The Balaban J connectivity index is 1.48. The first kappa shape index (κ1) is 14.3. The summed E-state index contributed by atoms with van der Waals surface area (Å²) >= 11 is 0. The van der Waals surface area contributed by atoms with Gasteiger partial charge in [0, 0.05) is 5.56 Å². The maximum Gasteiger partial charge on any atom is 0.251 e. The first-order chi connectivity index (χ1) is 11.8. The lowest BCUT2D eigenvalue weighted by Crippen LogP contribution is -2.24. The molecule has 1 aromatic heterocycles. The van der Waals surface area contributed by atoms with Crippen molar-refractivity contribution in [2.45, 2.75) is 6.54 Å². The van der Waals surface area contributed by atoms with Gasteiger partial charge in [-0.25, -0.2) is 4.68 Å². The first-order valence-corrected chi connectivity index (χ1v) is 7.44. The molecular weight excluding hydrogens is 308 g/mol. The number of hydrogen-bond donors (Lipinski definition) is 1. The van der Waals surface area contributed by atoms with Crippen molar-refractivity contribution in [3.8, 4) is 17.2 Å². The van der Waals surface area contributed by atoms with Crippen LogP contribution in [0.1, 0.15) is 16.1 Å². The monoisotopic (exact) mass is 322 g/mol. The number of hydrogen-bond acceptors (Lipinski definition) is 5. The van der Waals surface area contributed by atoms with Gasteiger partial charge in [0.25, 0.3) is 5.91 Å². The lowest BCUT2D eigenvalue weighted by molar-refractivity contribution is 0.0949. The molecule has 2 aromatic carbocycles. The molecule has 7 heteroatoms. The lowest BCUT2D eigenvalue weighted by Gasteiger charge is -2.08. The molecule has 3 aromatic rings. The van der Waals surface area contributed by atoms with E-state index in [9.17, 15) is 4.79 Å². The topological polar surface area (TPSA) is 78.3 Å². The number of nitrogens with zero attached hydrogens (tertiary/aromatic N) is 3. The van der Waals surface area contributed by atoms with Crippen LogP contribution in [0.2, 0.25) is 0 Å². The molecule has 0 spiro atoms. The van der Waals surface area contributed by atoms with Crippen LogP contribution in [0.15, 0.2) is 54.7 Å². The van der Waals surface area contributed by atoms with Crippen LogP contribution >= 0.6 is 0 Å². The van der Waals surface area contributed by atoms with Crippen LogP contribution in [-0.2, 0) is 6.54 Å². The highest BCUT2D eigenvalue weighted by molar-refractivity contribution is 5.94. The van der Waals surface area contributed by atoms with Gasteiger partial charge < -0.3 is 14.8 Å². The number of carbonyl (C=O) groups excluding carboxylic acids is 1. The van der Waals surface area contributed by atoms with Crippen molar-refractivity contribution in [3.05, 3.63) is 66.0 Å².